The fourth-order valence-electron chi connectivity index (χ4n) is 3.54. The highest BCUT2D eigenvalue weighted by molar-refractivity contribution is 5.74. The molecule has 26 heavy (non-hydrogen) atoms. The first kappa shape index (κ1) is 18.2. The molecule has 5 nitrogen and oxygen atoms in total. The third-order valence-electron chi connectivity index (χ3n) is 4.99. The summed E-state index contributed by atoms with van der Waals surface area (Å²) >= 11 is 0. The summed E-state index contributed by atoms with van der Waals surface area (Å²) in [5.74, 6) is 0. The molecule has 0 spiro atoms. The first-order chi connectivity index (χ1) is 12.7. The van der Waals surface area contributed by atoms with E-state index in [1.807, 2.05) is 23.1 Å². The summed E-state index contributed by atoms with van der Waals surface area (Å²) in [6, 6.07) is 12.3. The number of nitrogens with zero attached hydrogens (tertiary/aromatic N) is 3. The predicted octanol–water partition coefficient (Wildman–Crippen LogP) is 3.24. The van der Waals surface area contributed by atoms with Crippen LogP contribution in [-0.4, -0.2) is 42.1 Å². The number of aryl methyl sites for hydroxylation is 2. The van der Waals surface area contributed by atoms with Crippen LogP contribution in [0, 0.1) is 0 Å². The Balaban J connectivity index is 1.58. The first-order valence-electron chi connectivity index (χ1n) is 9.51. The summed E-state index contributed by atoms with van der Waals surface area (Å²) in [5, 5.41) is 2.97. The lowest BCUT2D eigenvalue weighted by molar-refractivity contribution is 0.193. The van der Waals surface area contributed by atoms with Gasteiger partial charge in [-0.2, -0.15) is 0 Å². The number of para-hydroxylation sites is 1. The van der Waals surface area contributed by atoms with Crippen molar-refractivity contribution in [3.05, 3.63) is 59.4 Å². The van der Waals surface area contributed by atoms with Gasteiger partial charge < -0.3 is 15.1 Å². The number of pyridine rings is 1. The van der Waals surface area contributed by atoms with Crippen molar-refractivity contribution < 1.29 is 4.79 Å². The Bertz CT molecular complexity index is 702. The Kier molecular flexibility index (Phi) is 6.10. The van der Waals surface area contributed by atoms with Crippen LogP contribution in [-0.2, 0) is 19.4 Å². The number of rotatable bonds is 5. The number of carbonyl (C=O) groups is 1. The maximum absolute atomic E-state index is 12.4. The van der Waals surface area contributed by atoms with Crippen molar-refractivity contribution >= 4 is 11.7 Å². The summed E-state index contributed by atoms with van der Waals surface area (Å²) in [6.07, 6.45) is 3.82. The van der Waals surface area contributed by atoms with Crippen molar-refractivity contribution in [1.29, 1.82) is 0 Å². The second-order valence-electron chi connectivity index (χ2n) is 6.59. The lowest BCUT2D eigenvalue weighted by Crippen LogP contribution is -2.52. The van der Waals surface area contributed by atoms with Crippen molar-refractivity contribution in [2.75, 3.05) is 31.1 Å². The van der Waals surface area contributed by atoms with E-state index in [4.69, 9.17) is 0 Å². The van der Waals surface area contributed by atoms with Gasteiger partial charge in [-0.3, -0.25) is 4.98 Å². The van der Waals surface area contributed by atoms with Crippen LogP contribution in [0.2, 0.25) is 0 Å². The Hall–Kier alpha value is -2.56. The van der Waals surface area contributed by atoms with Crippen LogP contribution in [0.3, 0.4) is 0 Å². The maximum atomic E-state index is 12.4. The predicted molar refractivity (Wildman–Crippen MR) is 105 cm³/mol. The quantitative estimate of drug-likeness (QED) is 0.899. The van der Waals surface area contributed by atoms with Gasteiger partial charge in [0.05, 0.1) is 12.2 Å². The van der Waals surface area contributed by atoms with E-state index < -0.39 is 0 Å². The number of amides is 2. The molecule has 1 saturated heterocycles. The molecular formula is C21H28N4O. The molecular weight excluding hydrogens is 324 g/mol. The van der Waals surface area contributed by atoms with Crippen LogP contribution in [0.25, 0.3) is 0 Å². The third-order valence-corrected chi connectivity index (χ3v) is 4.99. The molecule has 0 atom stereocenters. The summed E-state index contributed by atoms with van der Waals surface area (Å²) < 4.78 is 0. The fourth-order valence-corrected chi connectivity index (χ4v) is 3.54. The molecule has 2 aromatic rings. The van der Waals surface area contributed by atoms with Crippen LogP contribution in [0.4, 0.5) is 10.5 Å². The van der Waals surface area contributed by atoms with E-state index in [0.717, 1.165) is 44.7 Å². The molecule has 1 aliphatic rings. The smallest absolute Gasteiger partial charge is 0.317 e. The van der Waals surface area contributed by atoms with Crippen LogP contribution in [0.1, 0.15) is 30.7 Å². The van der Waals surface area contributed by atoms with Crippen molar-refractivity contribution in [3.8, 4) is 0 Å². The largest absolute Gasteiger partial charge is 0.368 e. The zero-order chi connectivity index (χ0) is 18.4. The molecule has 1 N–H and O–H groups in total. The van der Waals surface area contributed by atoms with Crippen LogP contribution >= 0.6 is 0 Å². The van der Waals surface area contributed by atoms with E-state index in [2.05, 4.69) is 47.2 Å². The van der Waals surface area contributed by atoms with Gasteiger partial charge in [0.1, 0.15) is 0 Å². The standard InChI is InChI=1S/C21H28N4O/c1-3-17-8-7-9-18(4-2)20(17)24-12-14-25(15-13-24)21(26)23-16-19-10-5-6-11-22-19/h5-11H,3-4,12-16H2,1-2H3,(H,23,26). The van der Waals surface area contributed by atoms with Gasteiger partial charge in [0.15, 0.2) is 0 Å². The number of piperazine rings is 1. The average Bonchev–Trinajstić information content (AvgIpc) is 2.72. The van der Waals surface area contributed by atoms with Gasteiger partial charge in [0.2, 0.25) is 0 Å². The normalized spacial score (nSPS) is 14.4. The minimum atomic E-state index is -0.00482. The van der Waals surface area contributed by atoms with Gasteiger partial charge in [-0.15, -0.1) is 0 Å². The third kappa shape index (κ3) is 4.15. The van der Waals surface area contributed by atoms with Crippen molar-refractivity contribution in [2.45, 2.75) is 33.2 Å². The molecule has 1 fully saturated rings. The van der Waals surface area contributed by atoms with Gasteiger partial charge >= 0.3 is 6.03 Å². The second-order valence-corrected chi connectivity index (χ2v) is 6.59. The van der Waals surface area contributed by atoms with E-state index >= 15 is 0 Å². The second kappa shape index (κ2) is 8.70. The molecule has 2 heterocycles. The van der Waals surface area contributed by atoms with E-state index in [1.165, 1.54) is 16.8 Å². The molecule has 138 valence electrons. The zero-order valence-electron chi connectivity index (χ0n) is 15.7. The van der Waals surface area contributed by atoms with Crippen LogP contribution in [0.15, 0.2) is 42.6 Å². The van der Waals surface area contributed by atoms with Crippen LogP contribution < -0.4 is 10.2 Å². The lowest BCUT2D eigenvalue weighted by atomic mass is 10.0. The number of hydrogen-bond donors (Lipinski definition) is 1. The number of anilines is 1. The Morgan fingerprint density at radius 3 is 2.27 bits per heavy atom. The van der Waals surface area contributed by atoms with E-state index in [9.17, 15) is 4.79 Å². The van der Waals surface area contributed by atoms with Gasteiger partial charge in [0, 0.05) is 38.1 Å². The Labute approximate surface area is 156 Å². The first-order valence-corrected chi connectivity index (χ1v) is 9.51. The number of nitrogens with one attached hydrogen (secondary N) is 1. The number of hydrogen-bond acceptors (Lipinski definition) is 3. The van der Waals surface area contributed by atoms with Gasteiger partial charge in [-0.1, -0.05) is 38.1 Å². The molecule has 1 aromatic heterocycles. The summed E-state index contributed by atoms with van der Waals surface area (Å²) in [6.45, 7) is 8.13. The van der Waals surface area contributed by atoms with Crippen molar-refractivity contribution in [3.63, 3.8) is 0 Å². The Morgan fingerprint density at radius 2 is 1.69 bits per heavy atom. The van der Waals surface area contributed by atoms with Gasteiger partial charge in [0.25, 0.3) is 0 Å². The summed E-state index contributed by atoms with van der Waals surface area (Å²) in [5.41, 5.74) is 5.06. The topological polar surface area (TPSA) is 48.5 Å². The SMILES string of the molecule is CCc1cccc(CC)c1N1CCN(C(=O)NCc2ccccn2)CC1. The highest BCUT2D eigenvalue weighted by Crippen LogP contribution is 2.28. The van der Waals surface area contributed by atoms with Crippen LogP contribution in [0.5, 0.6) is 0 Å². The summed E-state index contributed by atoms with van der Waals surface area (Å²) in [7, 11) is 0. The molecule has 0 radical (unpaired) electrons. The van der Waals surface area contributed by atoms with E-state index in [0.29, 0.717) is 6.54 Å². The maximum Gasteiger partial charge on any atom is 0.317 e. The van der Waals surface area contributed by atoms with Gasteiger partial charge in [-0.25, -0.2) is 4.79 Å². The molecule has 1 aliphatic heterocycles. The lowest BCUT2D eigenvalue weighted by Gasteiger charge is -2.38. The molecule has 2 amide bonds. The zero-order valence-corrected chi connectivity index (χ0v) is 15.7. The molecule has 1 aromatic carbocycles. The molecule has 0 saturated carbocycles. The van der Waals surface area contributed by atoms with Gasteiger partial charge in [-0.05, 0) is 36.1 Å². The number of urea groups is 1. The van der Waals surface area contributed by atoms with Crippen molar-refractivity contribution in [1.82, 2.24) is 15.2 Å². The van der Waals surface area contributed by atoms with Crippen molar-refractivity contribution in [2.24, 2.45) is 0 Å². The molecule has 0 aliphatic carbocycles. The van der Waals surface area contributed by atoms with E-state index in [-0.39, 0.29) is 6.03 Å². The summed E-state index contributed by atoms with van der Waals surface area (Å²) in [4.78, 5) is 21.0. The minimum Gasteiger partial charge on any atom is -0.368 e. The fraction of sp³-hybridized carbons (Fsp3) is 0.429. The minimum absolute atomic E-state index is 0.00482. The molecule has 0 bridgehead atoms. The number of carbonyl (C=O) groups excluding carboxylic acids is 1. The van der Waals surface area contributed by atoms with E-state index in [1.54, 1.807) is 6.20 Å². The molecule has 0 unspecified atom stereocenters. The monoisotopic (exact) mass is 352 g/mol. The highest BCUT2D eigenvalue weighted by atomic mass is 16.2. The average molecular weight is 352 g/mol. The Morgan fingerprint density at radius 1 is 1.00 bits per heavy atom. The number of benzene rings is 1. The molecule has 5 heteroatoms. The number of aromatic nitrogens is 1. The molecule has 3 rings (SSSR count). The highest BCUT2D eigenvalue weighted by Gasteiger charge is 2.23.